The molecule has 116 valence electrons. The minimum absolute atomic E-state index is 0.622. The highest BCUT2D eigenvalue weighted by molar-refractivity contribution is 6.17. The summed E-state index contributed by atoms with van der Waals surface area (Å²) in [6, 6.07) is 16.5. The maximum absolute atomic E-state index is 10.9. The molecule has 23 heavy (non-hydrogen) atoms. The zero-order valence-corrected chi connectivity index (χ0v) is 13.7. The first-order valence-electron chi connectivity index (χ1n) is 8.03. The highest BCUT2D eigenvalue weighted by Crippen LogP contribution is 2.39. The fraction of sp³-hybridized carbons (Fsp3) is 0.250. The van der Waals surface area contributed by atoms with Crippen molar-refractivity contribution in [2.24, 2.45) is 7.05 Å². The van der Waals surface area contributed by atoms with E-state index in [4.69, 9.17) is 4.98 Å². The third kappa shape index (κ3) is 1.90. The predicted octanol–water partition coefficient (Wildman–Crippen LogP) is 4.50. The van der Waals surface area contributed by atoms with Gasteiger partial charge in [-0.25, -0.2) is 4.98 Å². The van der Waals surface area contributed by atoms with Gasteiger partial charge in [-0.2, -0.15) is 0 Å². The number of aryl methyl sites for hydroxylation is 1. The van der Waals surface area contributed by atoms with Crippen LogP contribution in [0, 0.1) is 0 Å². The maximum Gasteiger partial charge on any atom is 0.104 e. The molecular formula is C20H20N2O. The van der Waals surface area contributed by atoms with Crippen LogP contribution in [-0.2, 0) is 12.6 Å². The molecule has 2 aromatic carbocycles. The molecule has 1 atom stereocenters. The molecule has 0 spiro atoms. The first-order chi connectivity index (χ1) is 11.0. The summed E-state index contributed by atoms with van der Waals surface area (Å²) in [5.74, 6) is 0. The maximum atomic E-state index is 10.9. The fourth-order valence-electron chi connectivity index (χ4n) is 3.45. The van der Waals surface area contributed by atoms with Crippen molar-refractivity contribution in [3.63, 3.8) is 0 Å². The quantitative estimate of drug-likeness (QED) is 0.592. The Balaban J connectivity index is 2.35. The van der Waals surface area contributed by atoms with Gasteiger partial charge in [-0.3, -0.25) is 0 Å². The van der Waals surface area contributed by atoms with Crippen LogP contribution in [0.1, 0.15) is 26.0 Å². The first-order valence-corrected chi connectivity index (χ1v) is 8.03. The number of rotatable bonds is 2. The van der Waals surface area contributed by atoms with E-state index in [9.17, 15) is 5.11 Å². The molecule has 2 aromatic heterocycles. The molecule has 3 nitrogen and oxygen atoms in total. The smallest absolute Gasteiger partial charge is 0.104 e. The zero-order valence-electron chi connectivity index (χ0n) is 13.7. The molecule has 1 unspecified atom stereocenters. The first kappa shape index (κ1) is 14.2. The Labute approximate surface area is 135 Å². The molecule has 1 N–H and O–H groups in total. The van der Waals surface area contributed by atoms with Crippen molar-refractivity contribution >= 4 is 32.7 Å². The van der Waals surface area contributed by atoms with Gasteiger partial charge in [0.2, 0.25) is 0 Å². The summed E-state index contributed by atoms with van der Waals surface area (Å²) in [4.78, 5) is 4.85. The van der Waals surface area contributed by atoms with E-state index in [-0.39, 0.29) is 0 Å². The Bertz CT molecular complexity index is 1040. The summed E-state index contributed by atoms with van der Waals surface area (Å²) >= 11 is 0. The average Bonchev–Trinajstić information content (AvgIpc) is 2.88. The van der Waals surface area contributed by atoms with Gasteiger partial charge in [-0.1, -0.05) is 43.3 Å². The number of hydrogen-bond acceptors (Lipinski definition) is 2. The van der Waals surface area contributed by atoms with Crippen LogP contribution in [0.2, 0.25) is 0 Å². The van der Waals surface area contributed by atoms with E-state index >= 15 is 0 Å². The van der Waals surface area contributed by atoms with Gasteiger partial charge in [-0.15, -0.1) is 0 Å². The van der Waals surface area contributed by atoms with Crippen LogP contribution >= 0.6 is 0 Å². The van der Waals surface area contributed by atoms with E-state index in [1.54, 1.807) is 0 Å². The Hall–Kier alpha value is -2.39. The van der Waals surface area contributed by atoms with Crippen molar-refractivity contribution in [2.45, 2.75) is 25.9 Å². The Morgan fingerprint density at radius 3 is 2.43 bits per heavy atom. The van der Waals surface area contributed by atoms with E-state index < -0.39 is 5.60 Å². The largest absolute Gasteiger partial charge is 0.384 e. The normalized spacial score (nSPS) is 14.6. The molecule has 0 aliphatic rings. The SMILES string of the molecule is CCC(C)(O)c1nc2ccccc2c2c1c1ccccc1n2C. The molecule has 0 radical (unpaired) electrons. The van der Waals surface area contributed by atoms with Crippen molar-refractivity contribution in [1.29, 1.82) is 0 Å². The van der Waals surface area contributed by atoms with Gasteiger partial charge in [0.1, 0.15) is 5.60 Å². The Morgan fingerprint density at radius 1 is 1.04 bits per heavy atom. The van der Waals surface area contributed by atoms with Crippen LogP contribution in [0.25, 0.3) is 32.7 Å². The number of fused-ring (bicyclic) bond motifs is 5. The molecule has 4 aromatic rings. The fourth-order valence-corrected chi connectivity index (χ4v) is 3.45. The van der Waals surface area contributed by atoms with Crippen LogP contribution in [0.3, 0.4) is 0 Å². The molecular weight excluding hydrogens is 284 g/mol. The number of para-hydroxylation sites is 2. The van der Waals surface area contributed by atoms with Crippen molar-refractivity contribution in [3.8, 4) is 0 Å². The lowest BCUT2D eigenvalue weighted by Crippen LogP contribution is -2.21. The van der Waals surface area contributed by atoms with Crippen LogP contribution < -0.4 is 0 Å². The molecule has 0 aliphatic carbocycles. The lowest BCUT2D eigenvalue weighted by atomic mass is 9.93. The van der Waals surface area contributed by atoms with Crippen molar-refractivity contribution < 1.29 is 5.11 Å². The molecule has 0 saturated carbocycles. The molecule has 0 fully saturated rings. The van der Waals surface area contributed by atoms with E-state index in [2.05, 4.69) is 35.9 Å². The number of benzene rings is 2. The highest BCUT2D eigenvalue weighted by Gasteiger charge is 2.28. The van der Waals surface area contributed by atoms with Crippen molar-refractivity contribution in [3.05, 3.63) is 54.2 Å². The predicted molar refractivity (Wildman–Crippen MR) is 95.6 cm³/mol. The Morgan fingerprint density at radius 2 is 1.70 bits per heavy atom. The van der Waals surface area contributed by atoms with Crippen molar-refractivity contribution in [2.75, 3.05) is 0 Å². The lowest BCUT2D eigenvalue weighted by Gasteiger charge is -2.22. The Kier molecular flexibility index (Phi) is 2.97. The molecule has 4 rings (SSSR count). The standard InChI is InChI=1S/C20H20N2O/c1-4-20(2,23)19-17-14-10-6-8-12-16(14)22(3)18(17)13-9-5-7-11-15(13)21-19/h5-12,23H,4H2,1-3H3. The monoisotopic (exact) mass is 304 g/mol. The molecule has 0 saturated heterocycles. The van der Waals surface area contributed by atoms with Crippen LogP contribution in [0.5, 0.6) is 0 Å². The second kappa shape index (κ2) is 4.80. The summed E-state index contributed by atoms with van der Waals surface area (Å²) in [7, 11) is 2.08. The van der Waals surface area contributed by atoms with Gasteiger partial charge < -0.3 is 9.67 Å². The van der Waals surface area contributed by atoms with E-state index in [1.165, 1.54) is 0 Å². The van der Waals surface area contributed by atoms with E-state index in [0.29, 0.717) is 6.42 Å². The molecule has 2 heterocycles. The van der Waals surface area contributed by atoms with Gasteiger partial charge in [0.25, 0.3) is 0 Å². The number of pyridine rings is 1. The minimum Gasteiger partial charge on any atom is -0.384 e. The van der Waals surface area contributed by atoms with Gasteiger partial charge in [0.15, 0.2) is 0 Å². The van der Waals surface area contributed by atoms with Gasteiger partial charge in [0.05, 0.1) is 16.7 Å². The van der Waals surface area contributed by atoms with Gasteiger partial charge in [0, 0.05) is 28.7 Å². The third-order valence-corrected chi connectivity index (χ3v) is 4.93. The van der Waals surface area contributed by atoms with Crippen molar-refractivity contribution in [1.82, 2.24) is 9.55 Å². The summed E-state index contributed by atoms with van der Waals surface area (Å²) in [5.41, 5.74) is 3.04. The highest BCUT2D eigenvalue weighted by atomic mass is 16.3. The number of aromatic nitrogens is 2. The number of hydrogen-bond donors (Lipinski definition) is 1. The van der Waals surface area contributed by atoms with Gasteiger partial charge in [-0.05, 0) is 25.5 Å². The summed E-state index contributed by atoms with van der Waals surface area (Å²) in [6.45, 7) is 3.85. The topological polar surface area (TPSA) is 38.1 Å². The summed E-state index contributed by atoms with van der Waals surface area (Å²) < 4.78 is 2.21. The average molecular weight is 304 g/mol. The summed E-state index contributed by atoms with van der Waals surface area (Å²) in [6.07, 6.45) is 0.622. The molecule has 0 aliphatic heterocycles. The molecule has 0 amide bonds. The molecule has 3 heteroatoms. The van der Waals surface area contributed by atoms with Crippen LogP contribution in [-0.4, -0.2) is 14.7 Å². The lowest BCUT2D eigenvalue weighted by molar-refractivity contribution is 0.0506. The van der Waals surface area contributed by atoms with Gasteiger partial charge >= 0.3 is 0 Å². The zero-order chi connectivity index (χ0) is 16.2. The number of nitrogens with zero attached hydrogens (tertiary/aromatic N) is 2. The van der Waals surface area contributed by atoms with Crippen LogP contribution in [0.4, 0.5) is 0 Å². The van der Waals surface area contributed by atoms with E-state index in [1.807, 2.05) is 38.1 Å². The number of aliphatic hydroxyl groups is 1. The minimum atomic E-state index is -0.952. The second-order valence-electron chi connectivity index (χ2n) is 6.40. The second-order valence-corrected chi connectivity index (χ2v) is 6.40. The van der Waals surface area contributed by atoms with E-state index in [0.717, 1.165) is 38.4 Å². The van der Waals surface area contributed by atoms with Crippen LogP contribution in [0.15, 0.2) is 48.5 Å². The molecule has 0 bridgehead atoms. The third-order valence-electron chi connectivity index (χ3n) is 4.93. The summed E-state index contributed by atoms with van der Waals surface area (Å²) in [5, 5.41) is 14.3.